The number of hydrogen-bond acceptors (Lipinski definition) is 2. The van der Waals surface area contributed by atoms with Crippen molar-refractivity contribution in [2.75, 3.05) is 33.2 Å². The first-order valence-electron chi connectivity index (χ1n) is 6.52. The van der Waals surface area contributed by atoms with Crippen molar-refractivity contribution in [3.8, 4) is 0 Å². The van der Waals surface area contributed by atoms with E-state index >= 15 is 0 Å². The van der Waals surface area contributed by atoms with Gasteiger partial charge in [0.2, 0.25) is 0 Å². The van der Waals surface area contributed by atoms with Crippen LogP contribution in [0, 0.1) is 0 Å². The van der Waals surface area contributed by atoms with Crippen LogP contribution >= 0.6 is 0 Å². The van der Waals surface area contributed by atoms with Gasteiger partial charge in [0.25, 0.3) is 0 Å². The number of nitrogens with zero attached hydrogens (tertiary/aromatic N) is 2. The van der Waals surface area contributed by atoms with Gasteiger partial charge in [-0.15, -0.1) is 0 Å². The third-order valence-electron chi connectivity index (χ3n) is 3.80. The minimum atomic E-state index is 0.272. The molecule has 0 aromatic heterocycles. The maximum Gasteiger partial charge on any atom is 0.319 e. The van der Waals surface area contributed by atoms with Crippen molar-refractivity contribution in [1.82, 2.24) is 15.1 Å². The number of urea groups is 1. The molecule has 2 amide bonds. The molecule has 0 aromatic rings. The van der Waals surface area contributed by atoms with Crippen LogP contribution in [0.3, 0.4) is 0 Å². The van der Waals surface area contributed by atoms with E-state index in [0.717, 1.165) is 39.0 Å². The van der Waals surface area contributed by atoms with E-state index in [2.05, 4.69) is 5.32 Å². The highest BCUT2D eigenvalue weighted by atomic mass is 16.2. The van der Waals surface area contributed by atoms with Gasteiger partial charge in [0.1, 0.15) is 0 Å². The number of hydrogen-bond donors (Lipinski definition) is 1. The van der Waals surface area contributed by atoms with Crippen LogP contribution in [0.5, 0.6) is 0 Å². The fourth-order valence-electron chi connectivity index (χ4n) is 2.64. The van der Waals surface area contributed by atoms with Gasteiger partial charge < -0.3 is 15.1 Å². The Hall–Kier alpha value is -0.770. The Balaban J connectivity index is 1.81. The van der Waals surface area contributed by atoms with Gasteiger partial charge in [-0.2, -0.15) is 0 Å². The van der Waals surface area contributed by atoms with Gasteiger partial charge >= 0.3 is 6.03 Å². The summed E-state index contributed by atoms with van der Waals surface area (Å²) in [7, 11) is 2.01. The first kappa shape index (κ1) is 11.7. The maximum atomic E-state index is 12.2. The molecule has 0 bridgehead atoms. The van der Waals surface area contributed by atoms with E-state index < -0.39 is 0 Å². The topological polar surface area (TPSA) is 35.6 Å². The smallest absolute Gasteiger partial charge is 0.319 e. The molecule has 4 heteroatoms. The first-order valence-corrected chi connectivity index (χ1v) is 6.52. The lowest BCUT2D eigenvalue weighted by Crippen LogP contribution is -2.50. The summed E-state index contributed by atoms with van der Waals surface area (Å²) >= 11 is 0. The molecule has 2 heterocycles. The summed E-state index contributed by atoms with van der Waals surface area (Å²) < 4.78 is 0. The van der Waals surface area contributed by atoms with Crippen molar-refractivity contribution in [2.45, 2.75) is 38.1 Å². The van der Waals surface area contributed by atoms with E-state index in [-0.39, 0.29) is 6.03 Å². The SMILES string of the molecule is CNC1CCN(C(=O)N2CCCCC2)CC1. The van der Waals surface area contributed by atoms with E-state index in [1.54, 1.807) is 0 Å². The highest BCUT2D eigenvalue weighted by Gasteiger charge is 2.26. The summed E-state index contributed by atoms with van der Waals surface area (Å²) in [6.45, 7) is 3.76. The summed E-state index contributed by atoms with van der Waals surface area (Å²) in [5.74, 6) is 0. The van der Waals surface area contributed by atoms with E-state index in [1.165, 1.54) is 19.3 Å². The van der Waals surface area contributed by atoms with Crippen LogP contribution in [-0.4, -0.2) is 55.1 Å². The average molecular weight is 225 g/mol. The van der Waals surface area contributed by atoms with E-state index in [0.29, 0.717) is 6.04 Å². The van der Waals surface area contributed by atoms with Crippen LogP contribution in [0.15, 0.2) is 0 Å². The number of nitrogens with one attached hydrogen (secondary N) is 1. The van der Waals surface area contributed by atoms with Crippen molar-refractivity contribution in [3.05, 3.63) is 0 Å². The molecule has 16 heavy (non-hydrogen) atoms. The molecule has 0 aromatic carbocycles. The summed E-state index contributed by atoms with van der Waals surface area (Å²) in [6.07, 6.45) is 5.83. The van der Waals surface area contributed by atoms with Crippen molar-refractivity contribution >= 4 is 6.03 Å². The standard InChI is InChI=1S/C12H23N3O/c1-13-11-5-9-15(10-6-11)12(16)14-7-3-2-4-8-14/h11,13H,2-10H2,1H3. The zero-order valence-electron chi connectivity index (χ0n) is 10.2. The van der Waals surface area contributed by atoms with E-state index in [1.807, 2.05) is 16.8 Å². The Bertz CT molecular complexity index is 230. The number of amides is 2. The van der Waals surface area contributed by atoms with Crippen molar-refractivity contribution < 1.29 is 4.79 Å². The summed E-state index contributed by atoms with van der Waals surface area (Å²) in [4.78, 5) is 16.2. The summed E-state index contributed by atoms with van der Waals surface area (Å²) in [5, 5.41) is 3.29. The quantitative estimate of drug-likeness (QED) is 0.729. The molecule has 92 valence electrons. The van der Waals surface area contributed by atoms with Crippen molar-refractivity contribution in [1.29, 1.82) is 0 Å². The number of likely N-dealkylation sites (tertiary alicyclic amines) is 2. The Morgan fingerprint density at radius 3 is 2.12 bits per heavy atom. The number of rotatable bonds is 1. The molecule has 2 fully saturated rings. The van der Waals surface area contributed by atoms with Gasteiger partial charge in [-0.3, -0.25) is 0 Å². The van der Waals surface area contributed by atoms with Gasteiger partial charge in [0.05, 0.1) is 0 Å². The van der Waals surface area contributed by atoms with Crippen LogP contribution < -0.4 is 5.32 Å². The van der Waals surface area contributed by atoms with Gasteiger partial charge in [-0.25, -0.2) is 4.79 Å². The van der Waals surface area contributed by atoms with Crippen molar-refractivity contribution in [2.24, 2.45) is 0 Å². The Labute approximate surface area is 98.0 Å². The summed E-state index contributed by atoms with van der Waals surface area (Å²) in [6, 6.07) is 0.875. The predicted molar refractivity (Wildman–Crippen MR) is 64.5 cm³/mol. The zero-order chi connectivity index (χ0) is 11.4. The van der Waals surface area contributed by atoms with Crippen LogP contribution in [0.2, 0.25) is 0 Å². The van der Waals surface area contributed by atoms with Gasteiger partial charge in [0.15, 0.2) is 0 Å². The molecule has 4 nitrogen and oxygen atoms in total. The van der Waals surface area contributed by atoms with Crippen LogP contribution in [0.1, 0.15) is 32.1 Å². The lowest BCUT2D eigenvalue weighted by Gasteiger charge is -2.37. The monoisotopic (exact) mass is 225 g/mol. The minimum Gasteiger partial charge on any atom is -0.325 e. The predicted octanol–water partition coefficient (Wildman–Crippen LogP) is 1.28. The molecule has 2 aliphatic heterocycles. The van der Waals surface area contributed by atoms with Crippen LogP contribution in [-0.2, 0) is 0 Å². The molecule has 0 radical (unpaired) electrons. The molecular formula is C12H23N3O. The average Bonchev–Trinajstić information content (AvgIpc) is 2.39. The largest absolute Gasteiger partial charge is 0.325 e. The number of carbonyl (C=O) groups excluding carboxylic acids is 1. The Morgan fingerprint density at radius 2 is 1.56 bits per heavy atom. The molecule has 2 saturated heterocycles. The maximum absolute atomic E-state index is 12.2. The van der Waals surface area contributed by atoms with Gasteiger partial charge in [-0.1, -0.05) is 0 Å². The lowest BCUT2D eigenvalue weighted by atomic mass is 10.1. The van der Waals surface area contributed by atoms with Crippen molar-refractivity contribution in [3.63, 3.8) is 0 Å². The molecule has 2 rings (SSSR count). The minimum absolute atomic E-state index is 0.272. The first-order chi connectivity index (χ1) is 7.81. The zero-order valence-corrected chi connectivity index (χ0v) is 10.2. The van der Waals surface area contributed by atoms with Crippen LogP contribution in [0.4, 0.5) is 4.79 Å². The second kappa shape index (κ2) is 5.53. The highest BCUT2D eigenvalue weighted by Crippen LogP contribution is 2.15. The Morgan fingerprint density at radius 1 is 1.00 bits per heavy atom. The Kier molecular flexibility index (Phi) is 4.04. The molecule has 0 unspecified atom stereocenters. The van der Waals surface area contributed by atoms with Gasteiger partial charge in [-0.05, 0) is 39.2 Å². The molecule has 0 aliphatic carbocycles. The number of carbonyl (C=O) groups is 1. The third-order valence-corrected chi connectivity index (χ3v) is 3.80. The van der Waals surface area contributed by atoms with Crippen LogP contribution in [0.25, 0.3) is 0 Å². The normalized spacial score (nSPS) is 23.6. The molecule has 2 aliphatic rings. The second-order valence-corrected chi connectivity index (χ2v) is 4.88. The summed E-state index contributed by atoms with van der Waals surface area (Å²) in [5.41, 5.74) is 0. The molecule has 0 atom stereocenters. The van der Waals surface area contributed by atoms with E-state index in [9.17, 15) is 4.79 Å². The second-order valence-electron chi connectivity index (χ2n) is 4.88. The third kappa shape index (κ3) is 2.67. The lowest BCUT2D eigenvalue weighted by molar-refractivity contribution is 0.130. The molecular weight excluding hydrogens is 202 g/mol. The highest BCUT2D eigenvalue weighted by molar-refractivity contribution is 5.74. The fraction of sp³-hybridized carbons (Fsp3) is 0.917. The molecule has 0 saturated carbocycles. The number of piperidine rings is 2. The van der Waals surface area contributed by atoms with Gasteiger partial charge in [0, 0.05) is 32.2 Å². The molecule has 1 N–H and O–H groups in total. The molecule has 0 spiro atoms. The fourth-order valence-corrected chi connectivity index (χ4v) is 2.64. The van der Waals surface area contributed by atoms with E-state index in [4.69, 9.17) is 0 Å².